The minimum atomic E-state index is 0.156. The van der Waals surface area contributed by atoms with Gasteiger partial charge in [-0.2, -0.15) is 0 Å². The van der Waals surface area contributed by atoms with Gasteiger partial charge in [0.2, 0.25) is 0 Å². The predicted molar refractivity (Wildman–Crippen MR) is 72.3 cm³/mol. The Morgan fingerprint density at radius 3 is 2.55 bits per heavy atom. The first-order valence-corrected chi connectivity index (χ1v) is 8.46. The molecule has 0 aromatic heterocycles. The van der Waals surface area contributed by atoms with Crippen molar-refractivity contribution >= 4 is 0 Å². The molecular weight excluding hydrogens is 252 g/mol. The van der Waals surface area contributed by atoms with Crippen LogP contribution in [0.25, 0.3) is 0 Å². The minimum absolute atomic E-state index is 0.156. The molecule has 4 bridgehead atoms. The second-order valence-corrected chi connectivity index (χ2v) is 7.86. The Balaban J connectivity index is 1.45. The maximum atomic E-state index is 6.54. The van der Waals surface area contributed by atoms with Crippen molar-refractivity contribution in [2.24, 2.45) is 17.3 Å². The summed E-state index contributed by atoms with van der Waals surface area (Å²) in [6.45, 7) is 0.953. The number of fused-ring (bicyclic) bond motifs is 11. The van der Waals surface area contributed by atoms with Gasteiger partial charge in [0, 0.05) is 23.9 Å². The Hall–Kier alpha value is -0.380. The molecule has 3 heteroatoms. The monoisotopic (exact) mass is 274 g/mol. The first-order valence-electron chi connectivity index (χ1n) is 8.46. The highest BCUT2D eigenvalue weighted by atomic mass is 16.6. The van der Waals surface area contributed by atoms with Crippen molar-refractivity contribution in [2.75, 3.05) is 6.61 Å². The van der Waals surface area contributed by atoms with Crippen molar-refractivity contribution in [1.29, 1.82) is 0 Å². The van der Waals surface area contributed by atoms with Crippen molar-refractivity contribution in [3.8, 4) is 0 Å². The van der Waals surface area contributed by atoms with Crippen LogP contribution in [-0.4, -0.2) is 36.6 Å². The van der Waals surface area contributed by atoms with Gasteiger partial charge in [-0.1, -0.05) is 25.0 Å². The van der Waals surface area contributed by atoms with Crippen molar-refractivity contribution in [1.82, 2.24) is 0 Å². The van der Waals surface area contributed by atoms with Gasteiger partial charge in [0.25, 0.3) is 0 Å². The van der Waals surface area contributed by atoms with E-state index in [-0.39, 0.29) is 5.60 Å². The Labute approximate surface area is 119 Å². The molecule has 6 aliphatic rings. The average molecular weight is 274 g/mol. The van der Waals surface area contributed by atoms with Gasteiger partial charge in [0.05, 0.1) is 30.0 Å². The Morgan fingerprint density at radius 2 is 1.70 bits per heavy atom. The number of rotatable bonds is 0. The van der Waals surface area contributed by atoms with E-state index in [1.54, 1.807) is 0 Å². The van der Waals surface area contributed by atoms with Crippen molar-refractivity contribution in [3.63, 3.8) is 0 Å². The molecule has 20 heavy (non-hydrogen) atoms. The topological polar surface area (TPSA) is 27.7 Å². The van der Waals surface area contributed by atoms with Gasteiger partial charge in [-0.3, -0.25) is 0 Å². The fraction of sp³-hybridized carbons (Fsp3) is 0.882. The van der Waals surface area contributed by atoms with Crippen molar-refractivity contribution < 1.29 is 14.2 Å². The maximum Gasteiger partial charge on any atom is 0.0822 e. The molecule has 6 rings (SSSR count). The standard InChI is InChI=1S/C17H22O3/c1-2-6-17(5-1)16(7-8-18-17)9-12-13-10-3-4-11(19-10)14(13)15(16)20-12/h3-4,10-15H,1-2,5-9H2. The molecule has 4 saturated heterocycles. The van der Waals surface area contributed by atoms with E-state index >= 15 is 0 Å². The molecule has 0 aromatic rings. The molecule has 5 heterocycles. The van der Waals surface area contributed by atoms with Crippen LogP contribution in [-0.2, 0) is 14.2 Å². The average Bonchev–Trinajstić information content (AvgIpc) is 3.25. The van der Waals surface area contributed by atoms with Crippen LogP contribution in [0.15, 0.2) is 12.2 Å². The summed E-state index contributed by atoms with van der Waals surface area (Å²) in [5.41, 5.74) is 0.472. The molecule has 5 aliphatic heterocycles. The van der Waals surface area contributed by atoms with E-state index in [0.717, 1.165) is 6.61 Å². The number of ether oxygens (including phenoxy) is 3. The second-order valence-electron chi connectivity index (χ2n) is 7.86. The van der Waals surface area contributed by atoms with Crippen molar-refractivity contribution in [2.45, 2.75) is 68.5 Å². The lowest BCUT2D eigenvalue weighted by Gasteiger charge is -2.47. The van der Waals surface area contributed by atoms with E-state index < -0.39 is 0 Å². The third-order valence-corrected chi connectivity index (χ3v) is 7.46. The highest BCUT2D eigenvalue weighted by molar-refractivity contribution is 5.27. The molecule has 5 fully saturated rings. The number of hydrogen-bond donors (Lipinski definition) is 0. The smallest absolute Gasteiger partial charge is 0.0822 e. The van der Waals surface area contributed by atoms with Crippen molar-refractivity contribution in [3.05, 3.63) is 12.2 Å². The molecule has 7 unspecified atom stereocenters. The Kier molecular flexibility index (Phi) is 1.87. The molecule has 0 amide bonds. The first kappa shape index (κ1) is 11.2. The van der Waals surface area contributed by atoms with Crippen LogP contribution < -0.4 is 0 Å². The van der Waals surface area contributed by atoms with Crippen LogP contribution in [0.2, 0.25) is 0 Å². The summed E-state index contributed by atoms with van der Waals surface area (Å²) in [5, 5.41) is 0. The van der Waals surface area contributed by atoms with Gasteiger partial charge in [-0.15, -0.1) is 0 Å². The molecule has 0 radical (unpaired) electrons. The zero-order valence-electron chi connectivity index (χ0n) is 11.8. The molecule has 3 nitrogen and oxygen atoms in total. The quantitative estimate of drug-likeness (QED) is 0.635. The minimum Gasteiger partial charge on any atom is -0.374 e. The Bertz CT molecular complexity index is 489. The first-order chi connectivity index (χ1) is 9.83. The van der Waals surface area contributed by atoms with Gasteiger partial charge in [-0.25, -0.2) is 0 Å². The van der Waals surface area contributed by atoms with Crippen LogP contribution in [0.5, 0.6) is 0 Å². The highest BCUT2D eigenvalue weighted by Crippen LogP contribution is 2.69. The third kappa shape index (κ3) is 1.00. The molecular formula is C17H22O3. The number of hydrogen-bond acceptors (Lipinski definition) is 3. The Morgan fingerprint density at radius 1 is 0.900 bits per heavy atom. The molecule has 0 aromatic carbocycles. The van der Waals surface area contributed by atoms with Gasteiger partial charge >= 0.3 is 0 Å². The lowest BCUT2D eigenvalue weighted by Crippen LogP contribution is -2.54. The lowest BCUT2D eigenvalue weighted by molar-refractivity contribution is -0.100. The second kappa shape index (κ2) is 3.34. The van der Waals surface area contributed by atoms with E-state index in [9.17, 15) is 0 Å². The largest absolute Gasteiger partial charge is 0.374 e. The van der Waals surface area contributed by atoms with Crippen LogP contribution >= 0.6 is 0 Å². The zero-order valence-corrected chi connectivity index (χ0v) is 11.8. The van der Waals surface area contributed by atoms with Crippen LogP contribution in [0.4, 0.5) is 0 Å². The van der Waals surface area contributed by atoms with E-state index in [1.807, 2.05) is 0 Å². The van der Waals surface area contributed by atoms with Gasteiger partial charge in [-0.05, 0) is 25.7 Å². The molecule has 1 aliphatic carbocycles. The van der Waals surface area contributed by atoms with Crippen LogP contribution in [0.3, 0.4) is 0 Å². The SMILES string of the molecule is C1=CC2OC1C1C3CC4(CCOC45CCCC5)C(O3)C21. The van der Waals surface area contributed by atoms with Crippen LogP contribution in [0, 0.1) is 17.3 Å². The van der Waals surface area contributed by atoms with E-state index in [2.05, 4.69) is 12.2 Å². The summed E-state index contributed by atoms with van der Waals surface area (Å²) >= 11 is 0. The maximum absolute atomic E-state index is 6.54. The summed E-state index contributed by atoms with van der Waals surface area (Å²) in [6, 6.07) is 0. The highest BCUT2D eigenvalue weighted by Gasteiger charge is 2.74. The molecule has 0 N–H and O–H groups in total. The molecule has 1 saturated carbocycles. The van der Waals surface area contributed by atoms with E-state index in [1.165, 1.54) is 38.5 Å². The predicted octanol–water partition coefficient (Wildman–Crippen LogP) is 2.45. The van der Waals surface area contributed by atoms with E-state index in [0.29, 0.717) is 41.7 Å². The summed E-state index contributed by atoms with van der Waals surface area (Å²) in [5.74, 6) is 1.25. The van der Waals surface area contributed by atoms with Crippen LogP contribution in [0.1, 0.15) is 38.5 Å². The summed E-state index contributed by atoms with van der Waals surface area (Å²) in [4.78, 5) is 0. The van der Waals surface area contributed by atoms with Gasteiger partial charge in [0.15, 0.2) is 0 Å². The van der Waals surface area contributed by atoms with Gasteiger partial charge < -0.3 is 14.2 Å². The molecule has 2 spiro atoms. The summed E-state index contributed by atoms with van der Waals surface area (Å²) in [7, 11) is 0. The zero-order chi connectivity index (χ0) is 12.9. The lowest BCUT2D eigenvalue weighted by atomic mass is 9.55. The fourth-order valence-corrected chi connectivity index (χ4v) is 6.81. The normalized spacial score (nSPS) is 60.4. The molecule has 108 valence electrons. The fourth-order valence-electron chi connectivity index (χ4n) is 6.81. The summed E-state index contributed by atoms with van der Waals surface area (Å²) in [6.07, 6.45) is 13.8. The third-order valence-electron chi connectivity index (χ3n) is 7.46. The molecule has 7 atom stereocenters. The summed E-state index contributed by atoms with van der Waals surface area (Å²) < 4.78 is 19.1. The van der Waals surface area contributed by atoms with Gasteiger partial charge in [0.1, 0.15) is 0 Å². The van der Waals surface area contributed by atoms with E-state index in [4.69, 9.17) is 14.2 Å².